The summed E-state index contributed by atoms with van der Waals surface area (Å²) in [6.07, 6.45) is 0. The summed E-state index contributed by atoms with van der Waals surface area (Å²) < 4.78 is 0. The maximum Gasteiger partial charge on any atom is 0.230 e. The lowest BCUT2D eigenvalue weighted by atomic mass is 10.2. The van der Waals surface area contributed by atoms with Gasteiger partial charge in [0.15, 0.2) is 0 Å². The molecule has 2 rings (SSSR count). The Labute approximate surface area is 123 Å². The second kappa shape index (κ2) is 7.43. The third-order valence-corrected chi connectivity index (χ3v) is 5.69. The Hall–Kier alpha value is -1.17. The van der Waals surface area contributed by atoms with Gasteiger partial charge in [0.05, 0.1) is 0 Å². The van der Waals surface area contributed by atoms with Gasteiger partial charge < -0.3 is 0 Å². The van der Waals surface area contributed by atoms with Gasteiger partial charge in [0.25, 0.3) is 0 Å². The Kier molecular flexibility index (Phi) is 5.57. The van der Waals surface area contributed by atoms with Crippen molar-refractivity contribution in [3.05, 3.63) is 71.8 Å². The van der Waals surface area contributed by atoms with Gasteiger partial charge in [-0.05, 0) is 31.4 Å². The zero-order valence-corrected chi connectivity index (χ0v) is 12.3. The monoisotopic (exact) mass is 306 g/mol. The molecule has 96 valence electrons. The molecule has 0 aromatic heterocycles. The molecule has 0 unspecified atom stereocenters. The first kappa shape index (κ1) is 14.2. The molecular formula is C14H10O2S3. The van der Waals surface area contributed by atoms with E-state index in [1.54, 1.807) is 24.3 Å². The molecule has 0 saturated carbocycles. The van der Waals surface area contributed by atoms with Crippen LogP contribution < -0.4 is 0 Å². The normalized spacial score (nSPS) is 10.1. The van der Waals surface area contributed by atoms with Crippen LogP contribution in [0.3, 0.4) is 0 Å². The molecule has 19 heavy (non-hydrogen) atoms. The van der Waals surface area contributed by atoms with Crippen molar-refractivity contribution in [1.29, 1.82) is 0 Å². The Morgan fingerprint density at radius 2 is 1.00 bits per heavy atom. The lowest BCUT2D eigenvalue weighted by Gasteiger charge is -2.00. The van der Waals surface area contributed by atoms with E-state index in [9.17, 15) is 9.59 Å². The fourth-order valence-electron chi connectivity index (χ4n) is 1.32. The molecule has 0 N–H and O–H groups in total. The fourth-order valence-corrected chi connectivity index (χ4v) is 4.41. The van der Waals surface area contributed by atoms with Crippen LogP contribution >= 0.6 is 31.4 Å². The summed E-state index contributed by atoms with van der Waals surface area (Å²) in [4.78, 5) is 23.6. The highest BCUT2D eigenvalue weighted by molar-refractivity contribution is 9.14. The first-order chi connectivity index (χ1) is 9.27. The molecule has 0 fully saturated rings. The minimum atomic E-state index is -0.0426. The zero-order chi connectivity index (χ0) is 13.5. The maximum atomic E-state index is 11.8. The summed E-state index contributed by atoms with van der Waals surface area (Å²) in [7, 11) is 3.34. The topological polar surface area (TPSA) is 34.1 Å². The molecule has 0 heterocycles. The molecule has 2 nitrogen and oxygen atoms in total. The molecule has 2 aromatic rings. The van der Waals surface area contributed by atoms with Crippen LogP contribution in [0.4, 0.5) is 0 Å². The largest absolute Gasteiger partial charge is 0.281 e. The van der Waals surface area contributed by atoms with E-state index in [4.69, 9.17) is 0 Å². The van der Waals surface area contributed by atoms with E-state index >= 15 is 0 Å². The van der Waals surface area contributed by atoms with Crippen molar-refractivity contribution in [1.82, 2.24) is 0 Å². The van der Waals surface area contributed by atoms with Gasteiger partial charge in [0.1, 0.15) is 0 Å². The molecule has 0 aliphatic heterocycles. The summed E-state index contributed by atoms with van der Waals surface area (Å²) in [5.74, 6) is 0. The van der Waals surface area contributed by atoms with Crippen LogP contribution in [0.2, 0.25) is 0 Å². The Morgan fingerprint density at radius 3 is 1.37 bits per heavy atom. The van der Waals surface area contributed by atoms with Crippen LogP contribution in [0.25, 0.3) is 0 Å². The molecule has 0 radical (unpaired) electrons. The third-order valence-electron chi connectivity index (χ3n) is 2.24. The van der Waals surface area contributed by atoms with Crippen LogP contribution in [0.15, 0.2) is 60.7 Å². The summed E-state index contributed by atoms with van der Waals surface area (Å²) in [6, 6.07) is 18.1. The average molecular weight is 306 g/mol. The van der Waals surface area contributed by atoms with Gasteiger partial charge >= 0.3 is 0 Å². The molecule has 0 bridgehead atoms. The van der Waals surface area contributed by atoms with Crippen molar-refractivity contribution in [2.75, 3.05) is 0 Å². The van der Waals surface area contributed by atoms with Gasteiger partial charge in [0.2, 0.25) is 10.2 Å². The van der Waals surface area contributed by atoms with Crippen LogP contribution in [-0.2, 0) is 0 Å². The summed E-state index contributed by atoms with van der Waals surface area (Å²) >= 11 is 0. The van der Waals surface area contributed by atoms with Crippen molar-refractivity contribution in [2.24, 2.45) is 0 Å². The molecule has 0 atom stereocenters. The van der Waals surface area contributed by atoms with Crippen molar-refractivity contribution in [2.45, 2.75) is 0 Å². The highest BCUT2D eigenvalue weighted by Gasteiger charge is 2.10. The summed E-state index contributed by atoms with van der Waals surface area (Å²) in [6.45, 7) is 0. The molecule has 0 spiro atoms. The van der Waals surface area contributed by atoms with E-state index in [1.807, 2.05) is 36.4 Å². The lowest BCUT2D eigenvalue weighted by molar-refractivity contribution is 0.108. The number of carbonyl (C=O) groups excluding carboxylic acids is 2. The smallest absolute Gasteiger partial charge is 0.230 e. The summed E-state index contributed by atoms with van der Waals surface area (Å²) in [5, 5.41) is -0.0853. The van der Waals surface area contributed by atoms with E-state index < -0.39 is 0 Å². The fraction of sp³-hybridized carbons (Fsp3) is 0. The number of carbonyl (C=O) groups is 2. The van der Waals surface area contributed by atoms with Gasteiger partial charge in [-0.2, -0.15) is 0 Å². The quantitative estimate of drug-likeness (QED) is 0.765. The number of hydrogen-bond donors (Lipinski definition) is 0. The third kappa shape index (κ3) is 4.45. The molecule has 0 amide bonds. The molecule has 0 aliphatic rings. The molecule has 0 aliphatic carbocycles. The highest BCUT2D eigenvalue weighted by atomic mass is 33.5. The molecular weight excluding hydrogens is 296 g/mol. The Balaban J connectivity index is 1.81. The SMILES string of the molecule is O=C(SSSC(=O)c1ccccc1)c1ccccc1. The second-order valence-corrected chi connectivity index (χ2v) is 7.39. The first-order valence-electron chi connectivity index (χ1n) is 5.47. The molecule has 2 aromatic carbocycles. The van der Waals surface area contributed by atoms with E-state index in [2.05, 4.69) is 0 Å². The summed E-state index contributed by atoms with van der Waals surface area (Å²) in [5.41, 5.74) is 1.29. The van der Waals surface area contributed by atoms with E-state index in [-0.39, 0.29) is 10.2 Å². The van der Waals surface area contributed by atoms with Gasteiger partial charge in [-0.3, -0.25) is 9.59 Å². The van der Waals surface area contributed by atoms with Gasteiger partial charge in [-0.1, -0.05) is 60.7 Å². The maximum absolute atomic E-state index is 11.8. The van der Waals surface area contributed by atoms with Crippen molar-refractivity contribution in [3.8, 4) is 0 Å². The number of hydrogen-bond acceptors (Lipinski definition) is 5. The van der Waals surface area contributed by atoms with Crippen molar-refractivity contribution < 1.29 is 9.59 Å². The van der Waals surface area contributed by atoms with Crippen LogP contribution in [0.5, 0.6) is 0 Å². The Morgan fingerprint density at radius 1 is 0.632 bits per heavy atom. The van der Waals surface area contributed by atoms with E-state index in [0.29, 0.717) is 11.1 Å². The van der Waals surface area contributed by atoms with Gasteiger partial charge in [0, 0.05) is 11.1 Å². The van der Waals surface area contributed by atoms with Crippen LogP contribution in [0.1, 0.15) is 20.7 Å². The van der Waals surface area contributed by atoms with E-state index in [1.165, 1.54) is 9.83 Å². The molecule has 0 saturated heterocycles. The van der Waals surface area contributed by atoms with Crippen molar-refractivity contribution in [3.63, 3.8) is 0 Å². The second-order valence-electron chi connectivity index (χ2n) is 3.54. The first-order valence-corrected chi connectivity index (χ1v) is 8.95. The lowest BCUT2D eigenvalue weighted by Crippen LogP contribution is -1.91. The van der Waals surface area contributed by atoms with Gasteiger partial charge in [-0.25, -0.2) is 0 Å². The van der Waals surface area contributed by atoms with Crippen molar-refractivity contribution >= 4 is 41.6 Å². The standard InChI is InChI=1S/C14H10O2S3/c15-13(11-7-3-1-4-8-11)17-19-18-14(16)12-9-5-2-6-10-12/h1-10H. The minimum absolute atomic E-state index is 0.0426. The number of rotatable bonds is 4. The highest BCUT2D eigenvalue weighted by Crippen LogP contribution is 2.38. The predicted octanol–water partition coefficient (Wildman–Crippen LogP) is 4.70. The molecule has 5 heteroatoms. The van der Waals surface area contributed by atoms with Crippen LogP contribution in [0, 0.1) is 0 Å². The Bertz CT molecular complexity index is 504. The van der Waals surface area contributed by atoms with Crippen LogP contribution in [-0.4, -0.2) is 10.2 Å². The zero-order valence-electron chi connectivity index (χ0n) is 9.81. The number of benzene rings is 2. The predicted molar refractivity (Wildman–Crippen MR) is 84.3 cm³/mol. The van der Waals surface area contributed by atoms with E-state index in [0.717, 1.165) is 21.6 Å². The average Bonchev–Trinajstić information content (AvgIpc) is 2.49. The van der Waals surface area contributed by atoms with Gasteiger partial charge in [-0.15, -0.1) is 0 Å². The minimum Gasteiger partial charge on any atom is -0.281 e.